The van der Waals surface area contributed by atoms with Crippen LogP contribution in [-0.2, 0) is 11.3 Å². The molecule has 0 saturated carbocycles. The molecule has 1 aromatic rings. The summed E-state index contributed by atoms with van der Waals surface area (Å²) in [7, 11) is 1.71. The van der Waals surface area contributed by atoms with Gasteiger partial charge in [-0.3, -0.25) is 4.68 Å². The van der Waals surface area contributed by atoms with Crippen molar-refractivity contribution in [2.75, 3.05) is 13.7 Å². The second-order valence-electron chi connectivity index (χ2n) is 3.58. The number of rotatable bonds is 4. The van der Waals surface area contributed by atoms with E-state index in [9.17, 15) is 0 Å². The number of nitrogens with zero attached hydrogens (tertiary/aromatic N) is 2. The van der Waals surface area contributed by atoms with Crippen molar-refractivity contribution in [3.8, 4) is 0 Å². The highest BCUT2D eigenvalue weighted by atomic mass is 16.5. The van der Waals surface area contributed by atoms with E-state index in [0.29, 0.717) is 5.92 Å². The van der Waals surface area contributed by atoms with Crippen molar-refractivity contribution in [3.05, 3.63) is 17.5 Å². The highest BCUT2D eigenvalue weighted by Crippen LogP contribution is 2.17. The van der Waals surface area contributed by atoms with Gasteiger partial charge in [0.1, 0.15) is 0 Å². The Morgan fingerprint density at radius 3 is 2.77 bits per heavy atom. The summed E-state index contributed by atoms with van der Waals surface area (Å²) < 4.78 is 7.06. The summed E-state index contributed by atoms with van der Waals surface area (Å²) in [4.78, 5) is 0. The first-order valence-electron chi connectivity index (χ1n) is 4.68. The van der Waals surface area contributed by atoms with Crippen LogP contribution in [-0.4, -0.2) is 23.5 Å². The number of methoxy groups -OCH3 is 1. The van der Waals surface area contributed by atoms with E-state index in [1.54, 1.807) is 7.11 Å². The van der Waals surface area contributed by atoms with E-state index in [0.717, 1.165) is 13.2 Å². The molecular weight excluding hydrogens is 164 g/mol. The largest absolute Gasteiger partial charge is 0.383 e. The molecule has 1 aromatic heterocycles. The lowest BCUT2D eigenvalue weighted by Crippen LogP contribution is -2.10. The average molecular weight is 182 g/mol. The van der Waals surface area contributed by atoms with E-state index in [4.69, 9.17) is 4.74 Å². The molecule has 74 valence electrons. The van der Waals surface area contributed by atoms with Crippen molar-refractivity contribution >= 4 is 0 Å². The first-order chi connectivity index (χ1) is 6.16. The molecule has 0 amide bonds. The van der Waals surface area contributed by atoms with Crippen LogP contribution in [0.5, 0.6) is 0 Å². The van der Waals surface area contributed by atoms with E-state index in [-0.39, 0.29) is 0 Å². The van der Waals surface area contributed by atoms with Gasteiger partial charge in [0.05, 0.1) is 19.3 Å². The molecule has 1 rings (SSSR count). The Hall–Kier alpha value is -0.830. The molecule has 3 heteroatoms. The van der Waals surface area contributed by atoms with E-state index < -0.39 is 0 Å². The molecule has 0 radical (unpaired) electrons. The Labute approximate surface area is 79.7 Å². The smallest absolute Gasteiger partial charge is 0.0658 e. The number of hydrogen-bond acceptors (Lipinski definition) is 2. The van der Waals surface area contributed by atoms with Crippen LogP contribution in [0.3, 0.4) is 0 Å². The zero-order valence-electron chi connectivity index (χ0n) is 8.87. The second kappa shape index (κ2) is 4.42. The van der Waals surface area contributed by atoms with Gasteiger partial charge in [-0.05, 0) is 18.4 Å². The lowest BCUT2D eigenvalue weighted by atomic mass is 10.1. The zero-order chi connectivity index (χ0) is 9.84. The van der Waals surface area contributed by atoms with Gasteiger partial charge in [0.15, 0.2) is 0 Å². The van der Waals surface area contributed by atoms with Crippen LogP contribution in [0.1, 0.15) is 31.0 Å². The molecule has 1 heterocycles. The minimum absolute atomic E-state index is 0.527. The van der Waals surface area contributed by atoms with E-state index in [2.05, 4.69) is 25.9 Å². The van der Waals surface area contributed by atoms with Gasteiger partial charge >= 0.3 is 0 Å². The third-order valence-electron chi connectivity index (χ3n) is 2.13. The van der Waals surface area contributed by atoms with Crippen molar-refractivity contribution < 1.29 is 4.74 Å². The van der Waals surface area contributed by atoms with Gasteiger partial charge in [-0.2, -0.15) is 5.10 Å². The SMILES string of the molecule is COCCn1ncc(C)c1C(C)C. The first kappa shape index (κ1) is 10.3. The monoisotopic (exact) mass is 182 g/mol. The molecule has 0 bridgehead atoms. The predicted molar refractivity (Wildman–Crippen MR) is 52.9 cm³/mol. The van der Waals surface area contributed by atoms with Crippen molar-refractivity contribution in [1.29, 1.82) is 0 Å². The van der Waals surface area contributed by atoms with Crippen molar-refractivity contribution in [2.45, 2.75) is 33.2 Å². The van der Waals surface area contributed by atoms with Crippen LogP contribution >= 0.6 is 0 Å². The summed E-state index contributed by atoms with van der Waals surface area (Å²) in [5.41, 5.74) is 2.59. The molecule has 13 heavy (non-hydrogen) atoms. The summed E-state index contributed by atoms with van der Waals surface area (Å²) >= 11 is 0. The second-order valence-corrected chi connectivity index (χ2v) is 3.58. The third-order valence-corrected chi connectivity index (χ3v) is 2.13. The fourth-order valence-electron chi connectivity index (χ4n) is 1.60. The van der Waals surface area contributed by atoms with Crippen molar-refractivity contribution in [2.24, 2.45) is 0 Å². The van der Waals surface area contributed by atoms with E-state index in [1.165, 1.54) is 11.3 Å². The maximum atomic E-state index is 5.03. The summed E-state index contributed by atoms with van der Waals surface area (Å²) in [5.74, 6) is 0.527. The molecule has 0 atom stereocenters. The summed E-state index contributed by atoms with van der Waals surface area (Å²) in [6.07, 6.45) is 1.92. The van der Waals surface area contributed by atoms with Crippen LogP contribution < -0.4 is 0 Å². The summed E-state index contributed by atoms with van der Waals surface area (Å²) in [6, 6.07) is 0. The molecule has 0 saturated heterocycles. The van der Waals surface area contributed by atoms with E-state index in [1.807, 2.05) is 10.9 Å². The van der Waals surface area contributed by atoms with Gasteiger partial charge in [-0.25, -0.2) is 0 Å². The fourth-order valence-corrected chi connectivity index (χ4v) is 1.60. The maximum absolute atomic E-state index is 5.03. The Balaban J connectivity index is 2.81. The number of aryl methyl sites for hydroxylation is 1. The normalized spacial score (nSPS) is 11.2. The van der Waals surface area contributed by atoms with Gasteiger partial charge in [0.2, 0.25) is 0 Å². The van der Waals surface area contributed by atoms with Crippen LogP contribution in [0.2, 0.25) is 0 Å². The maximum Gasteiger partial charge on any atom is 0.0658 e. The molecule has 0 aromatic carbocycles. The first-order valence-corrected chi connectivity index (χ1v) is 4.68. The Kier molecular flexibility index (Phi) is 3.48. The van der Waals surface area contributed by atoms with Crippen LogP contribution in [0.15, 0.2) is 6.20 Å². The van der Waals surface area contributed by atoms with Crippen molar-refractivity contribution in [1.82, 2.24) is 9.78 Å². The minimum Gasteiger partial charge on any atom is -0.383 e. The van der Waals surface area contributed by atoms with E-state index >= 15 is 0 Å². The lowest BCUT2D eigenvalue weighted by molar-refractivity contribution is 0.182. The average Bonchev–Trinajstić information content (AvgIpc) is 2.43. The number of aromatic nitrogens is 2. The zero-order valence-corrected chi connectivity index (χ0v) is 8.87. The number of ether oxygens (including phenoxy) is 1. The lowest BCUT2D eigenvalue weighted by Gasteiger charge is -2.10. The Morgan fingerprint density at radius 1 is 1.54 bits per heavy atom. The summed E-state index contributed by atoms with van der Waals surface area (Å²) in [5, 5.41) is 4.31. The highest BCUT2D eigenvalue weighted by molar-refractivity contribution is 5.18. The van der Waals surface area contributed by atoms with Crippen molar-refractivity contribution in [3.63, 3.8) is 0 Å². The van der Waals surface area contributed by atoms with Gasteiger partial charge in [-0.15, -0.1) is 0 Å². The molecular formula is C10H18N2O. The molecule has 3 nitrogen and oxygen atoms in total. The molecule has 0 aliphatic rings. The van der Waals surface area contributed by atoms with Crippen LogP contribution in [0, 0.1) is 6.92 Å². The fraction of sp³-hybridized carbons (Fsp3) is 0.700. The molecule has 0 unspecified atom stereocenters. The molecule has 0 fully saturated rings. The molecule has 0 aliphatic carbocycles. The summed E-state index contributed by atoms with van der Waals surface area (Å²) in [6.45, 7) is 8.05. The van der Waals surface area contributed by atoms with Crippen LogP contribution in [0.4, 0.5) is 0 Å². The number of hydrogen-bond donors (Lipinski definition) is 0. The highest BCUT2D eigenvalue weighted by Gasteiger charge is 2.10. The Bertz CT molecular complexity index is 266. The Morgan fingerprint density at radius 2 is 2.23 bits per heavy atom. The molecule has 0 aliphatic heterocycles. The van der Waals surface area contributed by atoms with Gasteiger partial charge in [0, 0.05) is 12.8 Å². The molecule has 0 N–H and O–H groups in total. The van der Waals surface area contributed by atoms with Gasteiger partial charge < -0.3 is 4.74 Å². The van der Waals surface area contributed by atoms with Crippen LogP contribution in [0.25, 0.3) is 0 Å². The minimum atomic E-state index is 0.527. The molecule has 0 spiro atoms. The third kappa shape index (κ3) is 2.31. The predicted octanol–water partition coefficient (Wildman–Crippen LogP) is 1.96. The standard InChI is InChI=1S/C10H18N2O/c1-8(2)10-9(3)7-11-12(10)5-6-13-4/h7-8H,5-6H2,1-4H3. The van der Waals surface area contributed by atoms with Gasteiger partial charge in [-0.1, -0.05) is 13.8 Å². The topological polar surface area (TPSA) is 27.1 Å². The quantitative estimate of drug-likeness (QED) is 0.711. The van der Waals surface area contributed by atoms with Gasteiger partial charge in [0.25, 0.3) is 0 Å².